The third kappa shape index (κ3) is 6.94. The molecule has 0 amide bonds. The summed E-state index contributed by atoms with van der Waals surface area (Å²) in [6.07, 6.45) is 6.13. The Morgan fingerprint density at radius 2 is 1.95 bits per heavy atom. The molecule has 110 valence electrons. The van der Waals surface area contributed by atoms with Gasteiger partial charge in [-0.2, -0.15) is 5.26 Å². The molecule has 0 unspecified atom stereocenters. The highest BCUT2D eigenvalue weighted by molar-refractivity contribution is 4.91. The third-order valence-electron chi connectivity index (χ3n) is 4.22. The molecule has 0 aliphatic carbocycles. The number of unbranched alkanes of at least 4 members (excludes halogenated alkanes) is 1. The molecule has 0 saturated carbocycles. The van der Waals surface area contributed by atoms with Crippen LogP contribution in [-0.2, 0) is 0 Å². The highest BCUT2D eigenvalue weighted by Crippen LogP contribution is 2.22. The van der Waals surface area contributed by atoms with Crippen LogP contribution in [0.1, 0.15) is 52.9 Å². The largest absolute Gasteiger partial charge is 0.317 e. The molecular weight excluding hydrogens is 234 g/mol. The van der Waals surface area contributed by atoms with Gasteiger partial charge in [0.25, 0.3) is 0 Å². The first-order chi connectivity index (χ1) is 9.07. The second-order valence-electron chi connectivity index (χ2n) is 6.55. The molecule has 1 aliphatic rings. The van der Waals surface area contributed by atoms with Crippen molar-refractivity contribution >= 4 is 0 Å². The summed E-state index contributed by atoms with van der Waals surface area (Å²) >= 11 is 0. The Hall–Kier alpha value is -0.590. The normalized spacial score (nSPS) is 18.4. The van der Waals surface area contributed by atoms with Gasteiger partial charge in [-0.15, -0.1) is 0 Å². The van der Waals surface area contributed by atoms with Crippen molar-refractivity contribution in [3.05, 3.63) is 0 Å². The first-order valence-electron chi connectivity index (χ1n) is 7.91. The van der Waals surface area contributed by atoms with Gasteiger partial charge in [0.1, 0.15) is 0 Å². The molecule has 1 heterocycles. The number of hydrogen-bond acceptors (Lipinski definition) is 3. The Bertz CT molecular complexity index is 272. The van der Waals surface area contributed by atoms with Gasteiger partial charge in [0, 0.05) is 0 Å². The van der Waals surface area contributed by atoms with Crippen LogP contribution >= 0.6 is 0 Å². The van der Waals surface area contributed by atoms with E-state index in [-0.39, 0.29) is 5.41 Å². The van der Waals surface area contributed by atoms with Crippen LogP contribution in [0.2, 0.25) is 0 Å². The lowest BCUT2D eigenvalue weighted by molar-refractivity contribution is 0.178. The first-order valence-corrected chi connectivity index (χ1v) is 7.91. The average Bonchev–Trinajstić information content (AvgIpc) is 2.42. The minimum absolute atomic E-state index is 0.140. The van der Waals surface area contributed by atoms with Crippen LogP contribution < -0.4 is 5.32 Å². The molecule has 1 fully saturated rings. The fourth-order valence-electron chi connectivity index (χ4n) is 2.72. The summed E-state index contributed by atoms with van der Waals surface area (Å²) in [5.41, 5.74) is -0.140. The molecule has 0 bridgehead atoms. The van der Waals surface area contributed by atoms with E-state index in [1.54, 1.807) is 0 Å². The molecule has 3 nitrogen and oxygen atoms in total. The molecule has 0 aromatic rings. The Balaban J connectivity index is 2.05. The number of hydrogen-bond donors (Lipinski definition) is 1. The SMILES string of the molecule is CCNCC1CCN(CCCCC(C)(C)C#N)CC1. The van der Waals surface area contributed by atoms with Gasteiger partial charge in [-0.3, -0.25) is 0 Å². The van der Waals surface area contributed by atoms with Crippen molar-refractivity contribution in [1.82, 2.24) is 10.2 Å². The standard InChI is InChI=1S/C16H31N3/c1-4-18-13-15-7-11-19(12-8-15)10-6-5-9-16(2,3)14-17/h15,18H,4-13H2,1-3H3. The molecule has 0 radical (unpaired) electrons. The lowest BCUT2D eigenvalue weighted by atomic mass is 9.89. The summed E-state index contributed by atoms with van der Waals surface area (Å²) in [7, 11) is 0. The number of nitrogens with one attached hydrogen (secondary N) is 1. The lowest BCUT2D eigenvalue weighted by Gasteiger charge is -2.32. The summed E-state index contributed by atoms with van der Waals surface area (Å²) in [5, 5.41) is 12.4. The monoisotopic (exact) mass is 265 g/mol. The maximum absolute atomic E-state index is 8.98. The number of piperidine rings is 1. The fourth-order valence-corrected chi connectivity index (χ4v) is 2.72. The minimum Gasteiger partial charge on any atom is -0.317 e. The van der Waals surface area contributed by atoms with E-state index in [1.165, 1.54) is 51.9 Å². The number of likely N-dealkylation sites (tertiary alicyclic amines) is 1. The molecule has 0 spiro atoms. The maximum Gasteiger partial charge on any atom is 0.0683 e. The van der Waals surface area contributed by atoms with Crippen molar-refractivity contribution < 1.29 is 0 Å². The minimum atomic E-state index is -0.140. The Morgan fingerprint density at radius 3 is 2.53 bits per heavy atom. The summed E-state index contributed by atoms with van der Waals surface area (Å²) in [5.74, 6) is 0.883. The number of rotatable bonds is 8. The van der Waals surface area contributed by atoms with Gasteiger partial charge in [-0.1, -0.05) is 13.3 Å². The third-order valence-corrected chi connectivity index (χ3v) is 4.22. The van der Waals surface area contributed by atoms with Gasteiger partial charge in [-0.25, -0.2) is 0 Å². The van der Waals surface area contributed by atoms with E-state index in [2.05, 4.69) is 23.2 Å². The predicted molar refractivity (Wildman–Crippen MR) is 81.0 cm³/mol. The van der Waals surface area contributed by atoms with Crippen LogP contribution in [0.25, 0.3) is 0 Å². The van der Waals surface area contributed by atoms with Crippen LogP contribution in [0, 0.1) is 22.7 Å². The van der Waals surface area contributed by atoms with Crippen LogP contribution in [0.3, 0.4) is 0 Å². The van der Waals surface area contributed by atoms with Gasteiger partial charge in [0.2, 0.25) is 0 Å². The van der Waals surface area contributed by atoms with Crippen molar-refractivity contribution in [2.75, 3.05) is 32.7 Å². The van der Waals surface area contributed by atoms with Crippen molar-refractivity contribution in [2.45, 2.75) is 52.9 Å². The molecule has 1 saturated heterocycles. The van der Waals surface area contributed by atoms with E-state index in [4.69, 9.17) is 5.26 Å². The van der Waals surface area contributed by atoms with E-state index in [1.807, 2.05) is 13.8 Å². The van der Waals surface area contributed by atoms with Crippen molar-refractivity contribution in [3.8, 4) is 6.07 Å². The van der Waals surface area contributed by atoms with E-state index < -0.39 is 0 Å². The molecular formula is C16H31N3. The Morgan fingerprint density at radius 1 is 1.26 bits per heavy atom. The summed E-state index contributed by atoms with van der Waals surface area (Å²) in [6.45, 7) is 12.3. The van der Waals surface area contributed by atoms with Crippen molar-refractivity contribution in [2.24, 2.45) is 11.3 Å². The zero-order valence-electron chi connectivity index (χ0n) is 13.0. The molecule has 1 aliphatic heterocycles. The molecule has 19 heavy (non-hydrogen) atoms. The summed E-state index contributed by atoms with van der Waals surface area (Å²) in [4.78, 5) is 2.60. The topological polar surface area (TPSA) is 39.1 Å². The molecule has 0 aromatic carbocycles. The van der Waals surface area contributed by atoms with E-state index in [0.717, 1.165) is 18.9 Å². The maximum atomic E-state index is 8.98. The second kappa shape index (κ2) is 8.55. The highest BCUT2D eigenvalue weighted by Gasteiger charge is 2.19. The zero-order chi connectivity index (χ0) is 14.1. The van der Waals surface area contributed by atoms with Crippen molar-refractivity contribution in [3.63, 3.8) is 0 Å². The molecule has 1 N–H and O–H groups in total. The molecule has 3 heteroatoms. The zero-order valence-corrected chi connectivity index (χ0v) is 13.0. The van der Waals surface area contributed by atoms with Gasteiger partial charge in [0.15, 0.2) is 0 Å². The fraction of sp³-hybridized carbons (Fsp3) is 0.938. The average molecular weight is 265 g/mol. The molecule has 0 aromatic heterocycles. The smallest absolute Gasteiger partial charge is 0.0683 e. The van der Waals surface area contributed by atoms with Gasteiger partial charge in [0.05, 0.1) is 11.5 Å². The van der Waals surface area contributed by atoms with Crippen LogP contribution in [0.15, 0.2) is 0 Å². The van der Waals surface area contributed by atoms with E-state index in [0.29, 0.717) is 0 Å². The summed E-state index contributed by atoms with van der Waals surface area (Å²) in [6, 6.07) is 2.38. The lowest BCUT2D eigenvalue weighted by Crippen LogP contribution is -2.37. The van der Waals surface area contributed by atoms with Gasteiger partial charge in [-0.05, 0) is 78.2 Å². The second-order valence-corrected chi connectivity index (χ2v) is 6.55. The van der Waals surface area contributed by atoms with Crippen molar-refractivity contribution in [1.29, 1.82) is 5.26 Å². The summed E-state index contributed by atoms with van der Waals surface area (Å²) < 4.78 is 0. The number of nitriles is 1. The van der Waals surface area contributed by atoms with E-state index >= 15 is 0 Å². The first kappa shape index (κ1) is 16.5. The Kier molecular flexibility index (Phi) is 7.41. The van der Waals surface area contributed by atoms with Crippen LogP contribution in [0.4, 0.5) is 0 Å². The van der Waals surface area contributed by atoms with Gasteiger partial charge >= 0.3 is 0 Å². The number of nitrogens with zero attached hydrogens (tertiary/aromatic N) is 2. The highest BCUT2D eigenvalue weighted by atomic mass is 15.1. The van der Waals surface area contributed by atoms with E-state index in [9.17, 15) is 0 Å². The molecule has 1 rings (SSSR count). The quantitative estimate of drug-likeness (QED) is 0.686. The Labute approximate surface area is 119 Å². The van der Waals surface area contributed by atoms with Gasteiger partial charge < -0.3 is 10.2 Å². The van der Waals surface area contributed by atoms with Crippen LogP contribution in [0.5, 0.6) is 0 Å². The predicted octanol–water partition coefficient (Wildman–Crippen LogP) is 3.03. The van der Waals surface area contributed by atoms with Crippen LogP contribution in [-0.4, -0.2) is 37.6 Å². The molecule has 0 atom stereocenters.